The lowest BCUT2D eigenvalue weighted by Crippen LogP contribution is -2.49. The van der Waals surface area contributed by atoms with Crippen LogP contribution < -0.4 is 5.32 Å². The lowest BCUT2D eigenvalue weighted by atomic mass is 9.74. The van der Waals surface area contributed by atoms with Crippen molar-refractivity contribution in [3.63, 3.8) is 0 Å². The zero-order valence-corrected chi connectivity index (χ0v) is 11.7. The third-order valence-corrected chi connectivity index (χ3v) is 4.87. The van der Waals surface area contributed by atoms with Crippen LogP contribution in [0.4, 0.5) is 4.79 Å². The Morgan fingerprint density at radius 1 is 1.33 bits per heavy atom. The highest BCUT2D eigenvalue weighted by atomic mass is 16.5. The fourth-order valence-corrected chi connectivity index (χ4v) is 3.06. The highest BCUT2D eigenvalue weighted by molar-refractivity contribution is 5.74. The average Bonchev–Trinajstić information content (AvgIpc) is 2.91. The second-order valence-corrected chi connectivity index (χ2v) is 5.70. The van der Waals surface area contributed by atoms with Gasteiger partial charge in [-0.2, -0.15) is 0 Å². The molecule has 2 heterocycles. The van der Waals surface area contributed by atoms with Gasteiger partial charge in [0.25, 0.3) is 0 Å². The fraction of sp³-hybridized carbons (Fsp3) is 0.929. The van der Waals surface area contributed by atoms with Crippen LogP contribution in [0.5, 0.6) is 0 Å². The molecule has 2 aliphatic heterocycles. The maximum atomic E-state index is 12.1. The highest BCUT2D eigenvalue weighted by Gasteiger charge is 2.33. The summed E-state index contributed by atoms with van der Waals surface area (Å²) in [6, 6.07) is 0.327. The van der Waals surface area contributed by atoms with Gasteiger partial charge in [-0.25, -0.2) is 4.79 Å². The van der Waals surface area contributed by atoms with Gasteiger partial charge in [-0.3, -0.25) is 0 Å². The molecular weight excluding hydrogens is 228 g/mol. The summed E-state index contributed by atoms with van der Waals surface area (Å²) < 4.78 is 5.28. The van der Waals surface area contributed by atoms with Crippen LogP contribution >= 0.6 is 0 Å². The number of hydrogen-bond acceptors (Lipinski definition) is 2. The van der Waals surface area contributed by atoms with E-state index in [0.29, 0.717) is 12.0 Å². The number of carbonyl (C=O) groups is 1. The molecule has 2 saturated heterocycles. The van der Waals surface area contributed by atoms with Gasteiger partial charge in [0.05, 0.1) is 12.6 Å². The van der Waals surface area contributed by atoms with E-state index >= 15 is 0 Å². The van der Waals surface area contributed by atoms with Crippen molar-refractivity contribution in [2.45, 2.75) is 52.0 Å². The molecule has 104 valence electrons. The summed E-state index contributed by atoms with van der Waals surface area (Å²) in [7, 11) is 0. The SMILES string of the molecule is CCC1(CC)CCN(C(=O)NC2CCOC2)CC1. The van der Waals surface area contributed by atoms with Gasteiger partial charge < -0.3 is 15.0 Å². The van der Waals surface area contributed by atoms with E-state index in [-0.39, 0.29) is 12.1 Å². The van der Waals surface area contributed by atoms with Crippen molar-refractivity contribution in [2.75, 3.05) is 26.3 Å². The second kappa shape index (κ2) is 5.91. The Hall–Kier alpha value is -0.770. The number of rotatable bonds is 3. The molecule has 0 aliphatic carbocycles. The van der Waals surface area contributed by atoms with E-state index in [0.717, 1.165) is 39.0 Å². The third kappa shape index (κ3) is 2.97. The first-order valence-corrected chi connectivity index (χ1v) is 7.32. The number of likely N-dealkylation sites (tertiary alicyclic amines) is 1. The Kier molecular flexibility index (Phi) is 4.49. The zero-order chi connectivity index (χ0) is 13.0. The molecule has 2 aliphatic rings. The van der Waals surface area contributed by atoms with Gasteiger partial charge in [0.2, 0.25) is 0 Å². The largest absolute Gasteiger partial charge is 0.379 e. The van der Waals surface area contributed by atoms with E-state index in [2.05, 4.69) is 19.2 Å². The molecule has 4 heteroatoms. The number of piperidine rings is 1. The van der Waals surface area contributed by atoms with Crippen LogP contribution in [-0.4, -0.2) is 43.3 Å². The Bertz CT molecular complexity index is 274. The standard InChI is InChI=1S/C14H26N2O2/c1-3-14(4-2)6-8-16(9-7-14)13(17)15-12-5-10-18-11-12/h12H,3-11H2,1-2H3,(H,15,17). The van der Waals surface area contributed by atoms with Crippen LogP contribution in [0, 0.1) is 5.41 Å². The Morgan fingerprint density at radius 3 is 2.50 bits per heavy atom. The topological polar surface area (TPSA) is 41.6 Å². The molecular formula is C14H26N2O2. The van der Waals surface area contributed by atoms with Crippen molar-refractivity contribution in [1.82, 2.24) is 10.2 Å². The molecule has 1 unspecified atom stereocenters. The van der Waals surface area contributed by atoms with Crippen molar-refractivity contribution in [1.29, 1.82) is 0 Å². The minimum absolute atomic E-state index is 0.103. The summed E-state index contributed by atoms with van der Waals surface area (Å²) in [6.45, 7) is 7.81. The molecule has 0 saturated carbocycles. The normalized spacial score (nSPS) is 27.2. The Morgan fingerprint density at radius 2 is 2.00 bits per heavy atom. The summed E-state index contributed by atoms with van der Waals surface area (Å²) in [5, 5.41) is 3.07. The molecule has 2 fully saturated rings. The van der Waals surface area contributed by atoms with E-state index in [1.165, 1.54) is 12.8 Å². The molecule has 0 aromatic carbocycles. The summed E-state index contributed by atoms with van der Waals surface area (Å²) in [4.78, 5) is 14.1. The number of urea groups is 1. The quantitative estimate of drug-likeness (QED) is 0.840. The third-order valence-electron chi connectivity index (χ3n) is 4.87. The van der Waals surface area contributed by atoms with E-state index in [1.54, 1.807) is 0 Å². The minimum Gasteiger partial charge on any atom is -0.379 e. The molecule has 0 spiro atoms. The van der Waals surface area contributed by atoms with Gasteiger partial charge in [0.1, 0.15) is 0 Å². The zero-order valence-electron chi connectivity index (χ0n) is 11.7. The van der Waals surface area contributed by atoms with Crippen molar-refractivity contribution < 1.29 is 9.53 Å². The van der Waals surface area contributed by atoms with Crippen LogP contribution in [0.25, 0.3) is 0 Å². The molecule has 0 bridgehead atoms. The molecule has 18 heavy (non-hydrogen) atoms. The van der Waals surface area contributed by atoms with Gasteiger partial charge in [-0.1, -0.05) is 26.7 Å². The molecule has 0 aromatic rings. The highest BCUT2D eigenvalue weighted by Crippen LogP contribution is 2.37. The summed E-state index contributed by atoms with van der Waals surface area (Å²) in [6.07, 6.45) is 5.71. The lowest BCUT2D eigenvalue weighted by Gasteiger charge is -2.41. The molecule has 2 rings (SSSR count). The molecule has 1 atom stereocenters. The lowest BCUT2D eigenvalue weighted by molar-refractivity contribution is 0.107. The number of nitrogens with one attached hydrogen (secondary N) is 1. The van der Waals surface area contributed by atoms with E-state index in [1.807, 2.05) is 4.90 Å². The van der Waals surface area contributed by atoms with Crippen LogP contribution in [0.3, 0.4) is 0 Å². The van der Waals surface area contributed by atoms with Crippen molar-refractivity contribution in [3.05, 3.63) is 0 Å². The summed E-state index contributed by atoms with van der Waals surface area (Å²) in [5.41, 5.74) is 0.479. The monoisotopic (exact) mass is 254 g/mol. The van der Waals surface area contributed by atoms with Crippen LogP contribution in [0.1, 0.15) is 46.0 Å². The predicted octanol–water partition coefficient (Wildman–Crippen LogP) is 2.39. The average molecular weight is 254 g/mol. The molecule has 1 N–H and O–H groups in total. The first kappa shape index (κ1) is 13.7. The van der Waals surface area contributed by atoms with Gasteiger partial charge >= 0.3 is 6.03 Å². The van der Waals surface area contributed by atoms with Gasteiger partial charge in [0.15, 0.2) is 0 Å². The number of nitrogens with zero attached hydrogens (tertiary/aromatic N) is 1. The first-order chi connectivity index (χ1) is 8.69. The van der Waals surface area contributed by atoms with E-state index in [4.69, 9.17) is 4.74 Å². The molecule has 4 nitrogen and oxygen atoms in total. The van der Waals surface area contributed by atoms with Crippen molar-refractivity contribution in [2.24, 2.45) is 5.41 Å². The van der Waals surface area contributed by atoms with E-state index in [9.17, 15) is 4.79 Å². The van der Waals surface area contributed by atoms with Crippen LogP contribution in [0.15, 0.2) is 0 Å². The Labute approximate surface area is 110 Å². The maximum absolute atomic E-state index is 12.1. The van der Waals surface area contributed by atoms with Crippen molar-refractivity contribution in [3.8, 4) is 0 Å². The maximum Gasteiger partial charge on any atom is 0.317 e. The fourth-order valence-electron chi connectivity index (χ4n) is 3.06. The van der Waals surface area contributed by atoms with Crippen molar-refractivity contribution >= 4 is 6.03 Å². The predicted molar refractivity (Wildman–Crippen MR) is 71.6 cm³/mol. The molecule has 0 aromatic heterocycles. The van der Waals surface area contributed by atoms with E-state index < -0.39 is 0 Å². The minimum atomic E-state index is 0.103. The van der Waals surface area contributed by atoms with Gasteiger partial charge in [-0.15, -0.1) is 0 Å². The van der Waals surface area contributed by atoms with Crippen LogP contribution in [0.2, 0.25) is 0 Å². The number of ether oxygens (including phenoxy) is 1. The smallest absolute Gasteiger partial charge is 0.317 e. The first-order valence-electron chi connectivity index (χ1n) is 7.32. The molecule has 2 amide bonds. The summed E-state index contributed by atoms with van der Waals surface area (Å²) >= 11 is 0. The van der Waals surface area contributed by atoms with Gasteiger partial charge in [0, 0.05) is 19.7 Å². The summed E-state index contributed by atoms with van der Waals surface area (Å²) in [5.74, 6) is 0. The Balaban J connectivity index is 1.79. The van der Waals surface area contributed by atoms with Crippen LogP contribution in [-0.2, 0) is 4.74 Å². The number of hydrogen-bond donors (Lipinski definition) is 1. The number of amides is 2. The second-order valence-electron chi connectivity index (χ2n) is 5.70. The van der Waals surface area contributed by atoms with Gasteiger partial charge in [-0.05, 0) is 24.7 Å². The number of carbonyl (C=O) groups excluding carboxylic acids is 1. The molecule has 0 radical (unpaired) electrons.